The predicted molar refractivity (Wildman–Crippen MR) is 103 cm³/mol. The quantitative estimate of drug-likeness (QED) is 0.418. The Hall–Kier alpha value is -2.69. The monoisotopic (exact) mass is 341 g/mol. The van der Waals surface area contributed by atoms with E-state index in [1.165, 1.54) is 5.56 Å². The van der Waals surface area contributed by atoms with E-state index in [0.717, 1.165) is 43.4 Å². The number of nitrogens with one attached hydrogen (secondary N) is 2. The van der Waals surface area contributed by atoms with Crippen LogP contribution in [0.15, 0.2) is 59.6 Å². The van der Waals surface area contributed by atoms with E-state index in [2.05, 4.69) is 27.8 Å². The van der Waals surface area contributed by atoms with Crippen molar-refractivity contribution in [1.29, 1.82) is 0 Å². The van der Waals surface area contributed by atoms with Gasteiger partial charge in [0.15, 0.2) is 5.96 Å². The average molecular weight is 341 g/mol. The molecule has 0 unspecified atom stereocenters. The minimum Gasteiger partial charge on any atom is -0.497 e. The molecule has 0 saturated carbocycles. The molecule has 0 bridgehead atoms. The Labute approximate surface area is 150 Å². The van der Waals surface area contributed by atoms with Crippen molar-refractivity contribution < 1.29 is 9.47 Å². The zero-order valence-electron chi connectivity index (χ0n) is 15.0. The summed E-state index contributed by atoms with van der Waals surface area (Å²) in [6.07, 6.45) is 1.82. The first-order chi connectivity index (χ1) is 12.3. The Kier molecular flexibility index (Phi) is 8.18. The Balaban J connectivity index is 1.60. The summed E-state index contributed by atoms with van der Waals surface area (Å²) in [5, 5.41) is 6.62. The number of rotatable bonds is 9. The summed E-state index contributed by atoms with van der Waals surface area (Å²) in [5.74, 6) is 2.60. The number of guanidine groups is 1. The van der Waals surface area contributed by atoms with Crippen molar-refractivity contribution in [2.45, 2.75) is 12.8 Å². The molecule has 2 aromatic carbocycles. The van der Waals surface area contributed by atoms with Gasteiger partial charge in [0.25, 0.3) is 0 Å². The Morgan fingerprint density at radius 2 is 1.72 bits per heavy atom. The Bertz CT molecular complexity index is 644. The van der Waals surface area contributed by atoms with Gasteiger partial charge in [-0.3, -0.25) is 4.99 Å². The van der Waals surface area contributed by atoms with E-state index in [4.69, 9.17) is 9.47 Å². The lowest BCUT2D eigenvalue weighted by atomic mass is 10.1. The smallest absolute Gasteiger partial charge is 0.190 e. The highest BCUT2D eigenvalue weighted by Crippen LogP contribution is 2.12. The molecule has 0 saturated heterocycles. The van der Waals surface area contributed by atoms with Crippen molar-refractivity contribution >= 4 is 5.96 Å². The molecule has 2 rings (SSSR count). The van der Waals surface area contributed by atoms with Crippen molar-refractivity contribution in [2.75, 3.05) is 33.9 Å². The van der Waals surface area contributed by atoms with Gasteiger partial charge >= 0.3 is 0 Å². The summed E-state index contributed by atoms with van der Waals surface area (Å²) in [5.41, 5.74) is 1.23. The third kappa shape index (κ3) is 7.16. The highest BCUT2D eigenvalue weighted by molar-refractivity contribution is 5.79. The fourth-order valence-electron chi connectivity index (χ4n) is 2.36. The lowest BCUT2D eigenvalue weighted by molar-refractivity contribution is 0.311. The van der Waals surface area contributed by atoms with E-state index in [9.17, 15) is 0 Å². The van der Waals surface area contributed by atoms with Crippen molar-refractivity contribution in [3.8, 4) is 11.5 Å². The molecule has 0 aliphatic heterocycles. The molecule has 0 aliphatic rings. The number of methoxy groups -OCH3 is 1. The molecule has 0 atom stereocenters. The van der Waals surface area contributed by atoms with Gasteiger partial charge in [0.1, 0.15) is 11.5 Å². The fourth-order valence-corrected chi connectivity index (χ4v) is 2.36. The van der Waals surface area contributed by atoms with Gasteiger partial charge in [-0.15, -0.1) is 0 Å². The zero-order valence-corrected chi connectivity index (χ0v) is 15.0. The molecular formula is C20H27N3O2. The van der Waals surface area contributed by atoms with Crippen LogP contribution < -0.4 is 20.1 Å². The second kappa shape index (κ2) is 11.0. The summed E-state index contributed by atoms with van der Waals surface area (Å²) >= 11 is 0. The average Bonchev–Trinajstić information content (AvgIpc) is 2.67. The van der Waals surface area contributed by atoms with E-state index in [0.29, 0.717) is 6.61 Å². The van der Waals surface area contributed by atoms with Crippen LogP contribution in [0.1, 0.15) is 12.0 Å². The first kappa shape index (κ1) is 18.6. The molecule has 2 N–H and O–H groups in total. The van der Waals surface area contributed by atoms with Crippen LogP contribution in [-0.2, 0) is 6.42 Å². The molecule has 0 aliphatic carbocycles. The van der Waals surface area contributed by atoms with Gasteiger partial charge < -0.3 is 20.1 Å². The molecule has 2 aromatic rings. The third-order valence-electron chi connectivity index (χ3n) is 3.69. The second-order valence-electron chi connectivity index (χ2n) is 5.54. The highest BCUT2D eigenvalue weighted by atomic mass is 16.5. The maximum Gasteiger partial charge on any atom is 0.190 e. The summed E-state index contributed by atoms with van der Waals surface area (Å²) in [6, 6.07) is 18.0. The first-order valence-electron chi connectivity index (χ1n) is 8.57. The molecule has 5 nitrogen and oxygen atoms in total. The van der Waals surface area contributed by atoms with E-state index in [1.54, 1.807) is 14.2 Å². The van der Waals surface area contributed by atoms with Crippen molar-refractivity contribution in [3.05, 3.63) is 60.2 Å². The van der Waals surface area contributed by atoms with Crippen LogP contribution in [0.3, 0.4) is 0 Å². The molecule has 0 heterocycles. The van der Waals surface area contributed by atoms with Crippen LogP contribution in [0, 0.1) is 0 Å². The number of para-hydroxylation sites is 1. The summed E-state index contributed by atoms with van der Waals surface area (Å²) in [7, 11) is 3.46. The number of aliphatic imine (C=N–C) groups is 1. The zero-order chi connectivity index (χ0) is 17.7. The highest BCUT2D eigenvalue weighted by Gasteiger charge is 1.99. The molecule has 25 heavy (non-hydrogen) atoms. The van der Waals surface area contributed by atoms with Gasteiger partial charge in [0.2, 0.25) is 0 Å². The number of nitrogens with zero attached hydrogens (tertiary/aromatic N) is 1. The van der Waals surface area contributed by atoms with Gasteiger partial charge in [0.05, 0.1) is 13.7 Å². The minimum absolute atomic E-state index is 0.678. The molecule has 0 spiro atoms. The van der Waals surface area contributed by atoms with E-state index >= 15 is 0 Å². The number of hydrogen-bond donors (Lipinski definition) is 2. The van der Waals surface area contributed by atoms with E-state index < -0.39 is 0 Å². The Morgan fingerprint density at radius 1 is 0.960 bits per heavy atom. The lowest BCUT2D eigenvalue weighted by Gasteiger charge is -2.12. The lowest BCUT2D eigenvalue weighted by Crippen LogP contribution is -2.39. The summed E-state index contributed by atoms with van der Waals surface area (Å²) in [4.78, 5) is 4.24. The minimum atomic E-state index is 0.678. The van der Waals surface area contributed by atoms with Crippen LogP contribution in [0.4, 0.5) is 0 Å². The van der Waals surface area contributed by atoms with Gasteiger partial charge in [-0.1, -0.05) is 30.3 Å². The maximum absolute atomic E-state index is 5.67. The maximum atomic E-state index is 5.67. The first-order valence-corrected chi connectivity index (χ1v) is 8.57. The van der Waals surface area contributed by atoms with Crippen molar-refractivity contribution in [1.82, 2.24) is 10.6 Å². The second-order valence-corrected chi connectivity index (χ2v) is 5.54. The fraction of sp³-hybridized carbons (Fsp3) is 0.350. The summed E-state index contributed by atoms with van der Waals surface area (Å²) in [6.45, 7) is 2.30. The molecule has 0 amide bonds. The predicted octanol–water partition coefficient (Wildman–Crippen LogP) is 2.87. The largest absolute Gasteiger partial charge is 0.497 e. The third-order valence-corrected chi connectivity index (χ3v) is 3.69. The van der Waals surface area contributed by atoms with Crippen LogP contribution in [0.25, 0.3) is 0 Å². The molecule has 0 aromatic heterocycles. The van der Waals surface area contributed by atoms with Crippen molar-refractivity contribution in [3.63, 3.8) is 0 Å². The molecule has 0 fully saturated rings. The van der Waals surface area contributed by atoms with E-state index in [-0.39, 0.29) is 0 Å². The van der Waals surface area contributed by atoms with Gasteiger partial charge in [-0.05, 0) is 42.7 Å². The topological polar surface area (TPSA) is 54.9 Å². The molecule has 0 radical (unpaired) electrons. The molecule has 134 valence electrons. The van der Waals surface area contributed by atoms with Crippen LogP contribution in [0.5, 0.6) is 11.5 Å². The normalized spacial score (nSPS) is 11.0. The van der Waals surface area contributed by atoms with Crippen LogP contribution in [-0.4, -0.2) is 39.8 Å². The standard InChI is InChI=1S/C20H27N3O2/c1-21-20(22-13-7-15-25-18-9-4-3-5-10-18)23-14-12-17-8-6-11-19(16-17)24-2/h3-6,8-11,16H,7,12-15H2,1-2H3,(H2,21,22,23). The van der Waals surface area contributed by atoms with Gasteiger partial charge in [0, 0.05) is 20.1 Å². The number of ether oxygens (including phenoxy) is 2. The van der Waals surface area contributed by atoms with Crippen molar-refractivity contribution in [2.24, 2.45) is 4.99 Å². The Morgan fingerprint density at radius 3 is 2.48 bits per heavy atom. The molecular weight excluding hydrogens is 314 g/mol. The SMILES string of the molecule is CN=C(NCCCOc1ccccc1)NCCc1cccc(OC)c1. The summed E-state index contributed by atoms with van der Waals surface area (Å²) < 4.78 is 10.9. The van der Waals surface area contributed by atoms with Crippen LogP contribution >= 0.6 is 0 Å². The molecule has 5 heteroatoms. The number of hydrogen-bond acceptors (Lipinski definition) is 3. The van der Waals surface area contributed by atoms with Gasteiger partial charge in [-0.25, -0.2) is 0 Å². The van der Waals surface area contributed by atoms with Gasteiger partial charge in [-0.2, -0.15) is 0 Å². The van der Waals surface area contributed by atoms with Crippen LogP contribution in [0.2, 0.25) is 0 Å². The van der Waals surface area contributed by atoms with E-state index in [1.807, 2.05) is 42.5 Å². The number of benzene rings is 2.